The van der Waals surface area contributed by atoms with Crippen LogP contribution in [0.5, 0.6) is 0 Å². The first kappa shape index (κ1) is 12.2. The third-order valence-electron chi connectivity index (χ3n) is 3.76. The average molecular weight is 348 g/mol. The Labute approximate surface area is 123 Å². The summed E-state index contributed by atoms with van der Waals surface area (Å²) in [5.74, 6) is 0. The van der Waals surface area contributed by atoms with E-state index in [0.29, 0.717) is 0 Å². The summed E-state index contributed by atoms with van der Waals surface area (Å²) in [7, 11) is 0. The first-order chi connectivity index (χ1) is 8.79. The van der Waals surface area contributed by atoms with Gasteiger partial charge in [-0.1, -0.05) is 43.7 Å². The van der Waals surface area contributed by atoms with Gasteiger partial charge in [0, 0.05) is 3.57 Å². The van der Waals surface area contributed by atoms with E-state index in [0.717, 1.165) is 0 Å². The highest BCUT2D eigenvalue weighted by atomic mass is 127. The van der Waals surface area contributed by atoms with Crippen molar-refractivity contribution in [1.82, 2.24) is 0 Å². The molecule has 0 amide bonds. The quantitative estimate of drug-likeness (QED) is 0.670. The van der Waals surface area contributed by atoms with Gasteiger partial charge in [0.1, 0.15) is 0 Å². The number of hydrogen-bond acceptors (Lipinski definition) is 0. The fourth-order valence-corrected chi connectivity index (χ4v) is 3.65. The van der Waals surface area contributed by atoms with E-state index < -0.39 is 0 Å². The Kier molecular flexibility index (Phi) is 3.42. The minimum atomic E-state index is 1.19. The van der Waals surface area contributed by atoms with E-state index in [1.807, 2.05) is 0 Å². The SMILES string of the molecule is CCCc1ccc2c(c1)CCc1c(I)cccc1-2. The first-order valence-electron chi connectivity index (χ1n) is 6.69. The molecule has 0 atom stereocenters. The van der Waals surface area contributed by atoms with E-state index in [-0.39, 0.29) is 0 Å². The van der Waals surface area contributed by atoms with Crippen LogP contribution in [0.1, 0.15) is 30.0 Å². The predicted octanol–water partition coefficient (Wildman–Crippen LogP) is 5.01. The van der Waals surface area contributed by atoms with Crippen molar-refractivity contribution in [3.8, 4) is 11.1 Å². The number of benzene rings is 2. The second kappa shape index (κ2) is 5.04. The molecule has 0 heterocycles. The number of rotatable bonds is 2. The molecule has 0 unspecified atom stereocenters. The summed E-state index contributed by atoms with van der Waals surface area (Å²) < 4.78 is 1.41. The van der Waals surface area contributed by atoms with Crippen molar-refractivity contribution in [2.45, 2.75) is 32.6 Å². The summed E-state index contributed by atoms with van der Waals surface area (Å²) in [5, 5.41) is 0. The molecule has 0 saturated carbocycles. The Morgan fingerprint density at radius 3 is 2.78 bits per heavy atom. The van der Waals surface area contributed by atoms with Crippen molar-refractivity contribution in [2.24, 2.45) is 0 Å². The molecule has 92 valence electrons. The van der Waals surface area contributed by atoms with E-state index in [4.69, 9.17) is 0 Å². The predicted molar refractivity (Wildman–Crippen MR) is 86.0 cm³/mol. The molecule has 0 aliphatic heterocycles. The lowest BCUT2D eigenvalue weighted by atomic mass is 9.84. The Morgan fingerprint density at radius 1 is 1.06 bits per heavy atom. The molecule has 3 rings (SSSR count). The third kappa shape index (κ3) is 2.09. The molecule has 0 radical (unpaired) electrons. The van der Waals surface area contributed by atoms with Crippen LogP contribution in [-0.2, 0) is 19.3 Å². The summed E-state index contributed by atoms with van der Waals surface area (Å²) in [4.78, 5) is 0. The van der Waals surface area contributed by atoms with Crippen LogP contribution in [0.2, 0.25) is 0 Å². The smallest absolute Gasteiger partial charge is 0.0168 e. The number of hydrogen-bond donors (Lipinski definition) is 0. The Balaban J connectivity index is 2.11. The monoisotopic (exact) mass is 348 g/mol. The van der Waals surface area contributed by atoms with Crippen LogP contribution in [0, 0.1) is 3.57 Å². The zero-order chi connectivity index (χ0) is 12.5. The van der Waals surface area contributed by atoms with E-state index in [1.165, 1.54) is 57.1 Å². The minimum Gasteiger partial charge on any atom is -0.0651 e. The molecule has 18 heavy (non-hydrogen) atoms. The van der Waals surface area contributed by atoms with Crippen LogP contribution in [0.3, 0.4) is 0 Å². The summed E-state index contributed by atoms with van der Waals surface area (Å²) in [6.45, 7) is 2.25. The molecule has 0 saturated heterocycles. The molecule has 1 aliphatic rings. The van der Waals surface area contributed by atoms with Crippen LogP contribution in [0.15, 0.2) is 36.4 Å². The topological polar surface area (TPSA) is 0 Å². The Hall–Kier alpha value is -0.830. The molecule has 0 N–H and O–H groups in total. The molecule has 0 spiro atoms. The number of halogens is 1. The normalized spacial score (nSPS) is 13.0. The van der Waals surface area contributed by atoms with Crippen molar-refractivity contribution in [3.05, 3.63) is 56.7 Å². The van der Waals surface area contributed by atoms with E-state index in [9.17, 15) is 0 Å². The van der Waals surface area contributed by atoms with E-state index >= 15 is 0 Å². The molecule has 0 bridgehead atoms. The van der Waals surface area contributed by atoms with Crippen LogP contribution in [-0.4, -0.2) is 0 Å². The van der Waals surface area contributed by atoms with Crippen molar-refractivity contribution < 1.29 is 0 Å². The summed E-state index contributed by atoms with van der Waals surface area (Å²) in [5.41, 5.74) is 7.47. The van der Waals surface area contributed by atoms with Gasteiger partial charge in [-0.25, -0.2) is 0 Å². The lowest BCUT2D eigenvalue weighted by Gasteiger charge is -2.21. The van der Waals surface area contributed by atoms with Crippen molar-refractivity contribution in [1.29, 1.82) is 0 Å². The Morgan fingerprint density at radius 2 is 1.94 bits per heavy atom. The van der Waals surface area contributed by atoms with Gasteiger partial charge in [-0.15, -0.1) is 0 Å². The maximum Gasteiger partial charge on any atom is 0.0168 e. The van der Waals surface area contributed by atoms with Gasteiger partial charge in [-0.2, -0.15) is 0 Å². The van der Waals surface area contributed by atoms with Gasteiger partial charge in [-0.3, -0.25) is 0 Å². The molecule has 0 nitrogen and oxygen atoms in total. The zero-order valence-electron chi connectivity index (χ0n) is 10.7. The molecule has 0 aromatic heterocycles. The first-order valence-corrected chi connectivity index (χ1v) is 7.77. The number of aryl methyl sites for hydroxylation is 2. The van der Waals surface area contributed by atoms with Gasteiger partial charge in [-0.05, 0) is 75.7 Å². The maximum absolute atomic E-state index is 2.46. The molecule has 1 aliphatic carbocycles. The fourth-order valence-electron chi connectivity index (χ4n) is 2.89. The molecular weight excluding hydrogens is 331 g/mol. The van der Waals surface area contributed by atoms with E-state index in [2.05, 4.69) is 65.9 Å². The highest BCUT2D eigenvalue weighted by Gasteiger charge is 2.17. The van der Waals surface area contributed by atoms with Crippen LogP contribution in [0.4, 0.5) is 0 Å². The molecule has 1 heteroatoms. The van der Waals surface area contributed by atoms with Gasteiger partial charge in [0.25, 0.3) is 0 Å². The second-order valence-electron chi connectivity index (χ2n) is 5.01. The largest absolute Gasteiger partial charge is 0.0651 e. The molecular formula is C17H17I. The zero-order valence-corrected chi connectivity index (χ0v) is 12.8. The van der Waals surface area contributed by atoms with Crippen molar-refractivity contribution >= 4 is 22.6 Å². The molecule has 2 aromatic carbocycles. The fraction of sp³-hybridized carbons (Fsp3) is 0.294. The van der Waals surface area contributed by atoms with Crippen molar-refractivity contribution in [2.75, 3.05) is 0 Å². The van der Waals surface area contributed by atoms with Crippen LogP contribution in [0.25, 0.3) is 11.1 Å². The number of fused-ring (bicyclic) bond motifs is 3. The van der Waals surface area contributed by atoms with Gasteiger partial charge in [0.2, 0.25) is 0 Å². The Bertz CT molecular complexity index is 584. The maximum atomic E-state index is 2.46. The van der Waals surface area contributed by atoms with Gasteiger partial charge in [0.05, 0.1) is 0 Å². The lowest BCUT2D eigenvalue weighted by molar-refractivity contribution is 0.899. The molecule has 2 aromatic rings. The summed E-state index contributed by atoms with van der Waals surface area (Å²) in [6, 6.07) is 13.7. The summed E-state index contributed by atoms with van der Waals surface area (Å²) >= 11 is 2.46. The lowest BCUT2D eigenvalue weighted by Crippen LogP contribution is -2.06. The van der Waals surface area contributed by atoms with E-state index in [1.54, 1.807) is 0 Å². The highest BCUT2D eigenvalue weighted by molar-refractivity contribution is 14.1. The van der Waals surface area contributed by atoms with Gasteiger partial charge >= 0.3 is 0 Å². The van der Waals surface area contributed by atoms with Crippen LogP contribution < -0.4 is 0 Å². The third-order valence-corrected chi connectivity index (χ3v) is 4.77. The van der Waals surface area contributed by atoms with Crippen molar-refractivity contribution in [3.63, 3.8) is 0 Å². The van der Waals surface area contributed by atoms with Gasteiger partial charge in [0.15, 0.2) is 0 Å². The highest BCUT2D eigenvalue weighted by Crippen LogP contribution is 2.36. The second-order valence-corrected chi connectivity index (χ2v) is 6.17. The summed E-state index contributed by atoms with van der Waals surface area (Å²) in [6.07, 6.45) is 4.82. The average Bonchev–Trinajstić information content (AvgIpc) is 2.39. The molecule has 0 fully saturated rings. The van der Waals surface area contributed by atoms with Gasteiger partial charge < -0.3 is 0 Å². The minimum absolute atomic E-state index is 1.19. The van der Waals surface area contributed by atoms with Crippen LogP contribution >= 0.6 is 22.6 Å². The standard InChI is InChI=1S/C17H17I/c1-2-4-12-7-9-14-13(11-12)8-10-16-15(14)5-3-6-17(16)18/h3,5-7,9,11H,2,4,8,10H2,1H3.